The predicted molar refractivity (Wildman–Crippen MR) is 125 cm³/mol. The molecule has 1 heterocycles. The second-order valence-electron chi connectivity index (χ2n) is 8.78. The number of furan rings is 1. The van der Waals surface area contributed by atoms with E-state index in [9.17, 15) is 18.0 Å². The zero-order chi connectivity index (χ0) is 26.0. The monoisotopic (exact) mass is 492 g/mol. The van der Waals surface area contributed by atoms with Crippen LogP contribution in [0.2, 0.25) is 0 Å². The van der Waals surface area contributed by atoms with Crippen molar-refractivity contribution in [3.8, 4) is 28.6 Å². The summed E-state index contributed by atoms with van der Waals surface area (Å²) in [6, 6.07) is 10.8. The topological polar surface area (TPSA) is 67.1 Å². The van der Waals surface area contributed by atoms with E-state index in [-0.39, 0.29) is 23.2 Å². The van der Waals surface area contributed by atoms with Gasteiger partial charge in [0.2, 0.25) is 0 Å². The molecule has 2 aromatic carbocycles. The number of halogens is 3. The Bertz CT molecular complexity index is 1230. The van der Waals surface area contributed by atoms with E-state index in [1.807, 2.05) is 6.92 Å². The lowest BCUT2D eigenvalue weighted by atomic mass is 10.0. The maximum Gasteiger partial charge on any atom is 0.573 e. The van der Waals surface area contributed by atoms with Gasteiger partial charge >= 0.3 is 12.3 Å². The van der Waals surface area contributed by atoms with Crippen molar-refractivity contribution in [1.29, 1.82) is 0 Å². The van der Waals surface area contributed by atoms with E-state index >= 15 is 0 Å². The summed E-state index contributed by atoms with van der Waals surface area (Å²) < 4.78 is 65.3. The third-order valence-corrected chi connectivity index (χ3v) is 5.01. The van der Waals surface area contributed by atoms with Gasteiger partial charge in [-0.15, -0.1) is 13.2 Å². The van der Waals surface area contributed by atoms with E-state index < -0.39 is 23.7 Å². The summed E-state index contributed by atoms with van der Waals surface area (Å²) in [6.45, 7) is 10.6. The highest BCUT2D eigenvalue weighted by Gasteiger charge is 2.33. The molecule has 0 N–H and O–H groups in total. The average Bonchev–Trinajstić information content (AvgIpc) is 3.14. The first kappa shape index (κ1) is 26.0. The Balaban J connectivity index is 1.81. The molecule has 0 amide bonds. The van der Waals surface area contributed by atoms with Gasteiger partial charge in [0.1, 0.15) is 34.2 Å². The molecule has 0 aliphatic heterocycles. The molecule has 0 bridgehead atoms. The lowest BCUT2D eigenvalue weighted by Gasteiger charge is -2.28. The first-order valence-corrected chi connectivity index (χ1v) is 10.8. The van der Waals surface area contributed by atoms with Crippen LogP contribution < -0.4 is 14.2 Å². The molecule has 3 aromatic rings. The van der Waals surface area contributed by atoms with Crippen molar-refractivity contribution in [2.24, 2.45) is 0 Å². The second-order valence-corrected chi connectivity index (χ2v) is 8.78. The van der Waals surface area contributed by atoms with Gasteiger partial charge in [-0.3, -0.25) is 0 Å². The van der Waals surface area contributed by atoms with Gasteiger partial charge in [-0.05, 0) is 58.0 Å². The van der Waals surface area contributed by atoms with Crippen molar-refractivity contribution in [2.45, 2.75) is 52.2 Å². The van der Waals surface area contributed by atoms with Crippen LogP contribution in [0.4, 0.5) is 13.2 Å². The summed E-state index contributed by atoms with van der Waals surface area (Å²) in [4.78, 5) is 11.8. The maximum absolute atomic E-state index is 12.9. The lowest BCUT2D eigenvalue weighted by Crippen LogP contribution is -2.33. The molecule has 35 heavy (non-hydrogen) atoms. The molecule has 3 rings (SSSR count). The number of hydrogen-bond acceptors (Lipinski definition) is 6. The normalized spacial score (nSPS) is 12.8. The van der Waals surface area contributed by atoms with Gasteiger partial charge < -0.3 is 23.4 Å². The van der Waals surface area contributed by atoms with Gasteiger partial charge in [0.05, 0.1) is 18.8 Å². The van der Waals surface area contributed by atoms with E-state index in [0.717, 1.165) is 6.07 Å². The molecule has 0 aliphatic rings. The number of fused-ring (bicyclic) bond motifs is 1. The molecule has 0 spiro atoms. The zero-order valence-corrected chi connectivity index (χ0v) is 20.1. The maximum atomic E-state index is 12.9. The number of methoxy groups -OCH3 is 1. The van der Waals surface area contributed by atoms with Crippen LogP contribution in [0.3, 0.4) is 0 Å². The molecular weight excluding hydrogens is 465 g/mol. The van der Waals surface area contributed by atoms with Crippen molar-refractivity contribution in [3.05, 3.63) is 54.6 Å². The van der Waals surface area contributed by atoms with Crippen LogP contribution in [-0.2, 0) is 9.53 Å². The molecule has 1 unspecified atom stereocenters. The lowest BCUT2D eigenvalue weighted by molar-refractivity contribution is -0.274. The molecular formula is C26H27F3O6. The first-order chi connectivity index (χ1) is 16.3. The molecule has 0 aliphatic carbocycles. The Kier molecular flexibility index (Phi) is 7.38. The summed E-state index contributed by atoms with van der Waals surface area (Å²) in [5.41, 5.74) is 0.0785. The van der Waals surface area contributed by atoms with Crippen LogP contribution in [0.25, 0.3) is 22.3 Å². The molecule has 188 valence electrons. The SMILES string of the molecule is C=C(C)C(=O)OC(C)(C)CC(C)Oc1ccc2cc(-c3ccc(OC)cc3OC(F)(F)F)oc2c1. The number of carbonyl (C=O) groups excluding carboxylic acids is 1. The molecule has 0 fully saturated rings. The van der Waals surface area contributed by atoms with Crippen molar-refractivity contribution in [2.75, 3.05) is 7.11 Å². The fourth-order valence-electron chi connectivity index (χ4n) is 3.61. The van der Waals surface area contributed by atoms with Crippen molar-refractivity contribution in [1.82, 2.24) is 0 Å². The van der Waals surface area contributed by atoms with Gasteiger partial charge in [-0.2, -0.15) is 0 Å². The Morgan fingerprint density at radius 3 is 2.40 bits per heavy atom. The highest BCUT2D eigenvalue weighted by Crippen LogP contribution is 2.39. The molecule has 1 aromatic heterocycles. The smallest absolute Gasteiger partial charge is 0.497 e. The third-order valence-electron chi connectivity index (χ3n) is 5.01. The van der Waals surface area contributed by atoms with Gasteiger partial charge in [-0.25, -0.2) is 4.79 Å². The Morgan fingerprint density at radius 2 is 1.77 bits per heavy atom. The molecule has 0 saturated heterocycles. The summed E-state index contributed by atoms with van der Waals surface area (Å²) >= 11 is 0. The largest absolute Gasteiger partial charge is 0.573 e. The minimum absolute atomic E-state index is 0.122. The van der Waals surface area contributed by atoms with Gasteiger partial charge in [0.25, 0.3) is 0 Å². The first-order valence-electron chi connectivity index (χ1n) is 10.8. The van der Waals surface area contributed by atoms with Crippen LogP contribution in [0, 0.1) is 0 Å². The van der Waals surface area contributed by atoms with E-state index in [1.165, 1.54) is 19.2 Å². The number of rotatable bonds is 9. The van der Waals surface area contributed by atoms with Crippen LogP contribution in [0.1, 0.15) is 34.1 Å². The Hall–Kier alpha value is -3.62. The van der Waals surface area contributed by atoms with E-state index in [2.05, 4.69) is 11.3 Å². The Labute approximate surface area is 201 Å². The summed E-state index contributed by atoms with van der Waals surface area (Å²) in [7, 11) is 1.35. The molecule has 9 heteroatoms. The van der Waals surface area contributed by atoms with Crippen LogP contribution in [0.5, 0.6) is 17.2 Å². The van der Waals surface area contributed by atoms with Crippen molar-refractivity contribution >= 4 is 16.9 Å². The summed E-state index contributed by atoms with van der Waals surface area (Å²) in [6.07, 6.45) is -4.78. The van der Waals surface area contributed by atoms with Gasteiger partial charge in [-0.1, -0.05) is 6.58 Å². The second kappa shape index (κ2) is 9.93. The highest BCUT2D eigenvalue weighted by atomic mass is 19.4. The number of hydrogen-bond donors (Lipinski definition) is 0. The number of ether oxygens (including phenoxy) is 4. The minimum atomic E-state index is -4.88. The third kappa shape index (κ3) is 6.94. The van der Waals surface area contributed by atoms with Crippen LogP contribution in [0.15, 0.2) is 59.0 Å². The van der Waals surface area contributed by atoms with E-state index in [4.69, 9.17) is 18.6 Å². The number of esters is 1. The quantitative estimate of drug-likeness (QED) is 0.235. The van der Waals surface area contributed by atoms with Crippen LogP contribution in [-0.4, -0.2) is 31.1 Å². The minimum Gasteiger partial charge on any atom is -0.497 e. The van der Waals surface area contributed by atoms with E-state index in [0.29, 0.717) is 28.7 Å². The standard InChI is InChI=1S/C26H27F3O6/c1-15(2)24(30)35-25(4,5)14-16(3)32-19-8-7-17-11-22(33-21(17)13-19)20-10-9-18(31-6)12-23(20)34-26(27,28)29/h7-13,16H,1,14H2,2-6H3. The van der Waals surface area contributed by atoms with E-state index in [1.54, 1.807) is 45.0 Å². The summed E-state index contributed by atoms with van der Waals surface area (Å²) in [5, 5.41) is 0.671. The zero-order valence-electron chi connectivity index (χ0n) is 20.1. The molecule has 0 radical (unpaired) electrons. The van der Waals surface area contributed by atoms with Crippen LogP contribution >= 0.6 is 0 Å². The molecule has 1 atom stereocenters. The number of alkyl halides is 3. The fraction of sp³-hybridized carbons (Fsp3) is 0.346. The van der Waals surface area contributed by atoms with Gasteiger partial charge in [0.15, 0.2) is 0 Å². The predicted octanol–water partition coefficient (Wildman–Crippen LogP) is 7.06. The number of benzene rings is 2. The summed E-state index contributed by atoms with van der Waals surface area (Å²) in [5.74, 6) is -0.00770. The molecule has 6 nitrogen and oxygen atoms in total. The highest BCUT2D eigenvalue weighted by molar-refractivity contribution is 5.87. The van der Waals surface area contributed by atoms with Gasteiger partial charge in [0, 0.05) is 29.5 Å². The number of carbonyl (C=O) groups is 1. The van der Waals surface area contributed by atoms with Crippen molar-refractivity contribution in [3.63, 3.8) is 0 Å². The Morgan fingerprint density at radius 1 is 1.09 bits per heavy atom. The fourth-order valence-corrected chi connectivity index (χ4v) is 3.61. The average molecular weight is 492 g/mol. The van der Waals surface area contributed by atoms with Crippen molar-refractivity contribution < 1.29 is 41.3 Å². The molecule has 0 saturated carbocycles.